The van der Waals surface area contributed by atoms with Gasteiger partial charge < -0.3 is 10.0 Å². The van der Waals surface area contributed by atoms with Gasteiger partial charge in [-0.25, -0.2) is 4.79 Å². The molecule has 1 fully saturated rings. The highest BCUT2D eigenvalue weighted by Gasteiger charge is 2.28. The number of amides is 1. The molecule has 1 aliphatic rings. The molecule has 1 aromatic rings. The Balaban J connectivity index is 2.11. The number of carbonyl (C=O) groups is 2. The molecule has 1 N–H and O–H groups in total. The first-order valence-corrected chi connectivity index (χ1v) is 6.23. The van der Waals surface area contributed by atoms with E-state index in [-0.39, 0.29) is 18.2 Å². The van der Waals surface area contributed by atoms with Gasteiger partial charge in [-0.05, 0) is 25.0 Å². The second-order valence-electron chi connectivity index (χ2n) is 4.44. The van der Waals surface area contributed by atoms with E-state index in [9.17, 15) is 9.59 Å². The largest absolute Gasteiger partial charge is 0.465 e. The lowest BCUT2D eigenvalue weighted by molar-refractivity contribution is 0.0806. The van der Waals surface area contributed by atoms with Gasteiger partial charge in [0.05, 0.1) is 0 Å². The van der Waals surface area contributed by atoms with Crippen molar-refractivity contribution in [2.75, 3.05) is 13.1 Å². The van der Waals surface area contributed by atoms with E-state index in [1.807, 2.05) is 0 Å². The number of Topliss-reactive ketones (excluding diaryl/α,β-unsaturated/α-hetero) is 1. The summed E-state index contributed by atoms with van der Waals surface area (Å²) in [5, 5.41) is 9.47. The fourth-order valence-corrected chi connectivity index (χ4v) is 2.43. The van der Waals surface area contributed by atoms with Crippen LogP contribution in [0.25, 0.3) is 0 Å². The van der Waals surface area contributed by atoms with Crippen molar-refractivity contribution in [2.45, 2.75) is 12.8 Å². The number of ketones is 1. The van der Waals surface area contributed by atoms with Crippen LogP contribution in [0, 0.1) is 5.92 Å². The molecule has 0 aromatic heterocycles. The van der Waals surface area contributed by atoms with Crippen molar-refractivity contribution >= 4 is 23.5 Å². The molecule has 1 heterocycles. The van der Waals surface area contributed by atoms with Crippen molar-refractivity contribution in [3.05, 3.63) is 34.9 Å². The number of benzene rings is 1. The molecule has 0 radical (unpaired) electrons. The zero-order valence-electron chi connectivity index (χ0n) is 9.80. The molecule has 0 spiro atoms. The molecule has 1 aromatic carbocycles. The third kappa shape index (κ3) is 2.82. The monoisotopic (exact) mass is 267 g/mol. The number of hydrogen-bond donors (Lipinski definition) is 1. The molecule has 2 rings (SSSR count). The predicted molar refractivity (Wildman–Crippen MR) is 68.1 cm³/mol. The highest BCUT2D eigenvalue weighted by atomic mass is 35.5. The molecule has 5 heteroatoms. The third-order valence-corrected chi connectivity index (χ3v) is 3.41. The van der Waals surface area contributed by atoms with Gasteiger partial charge in [0.2, 0.25) is 0 Å². The molecule has 1 unspecified atom stereocenters. The summed E-state index contributed by atoms with van der Waals surface area (Å²) < 4.78 is 0. The third-order valence-electron chi connectivity index (χ3n) is 3.17. The molecule has 1 amide bonds. The lowest BCUT2D eigenvalue weighted by atomic mass is 9.90. The Morgan fingerprint density at radius 2 is 2.17 bits per heavy atom. The topological polar surface area (TPSA) is 57.6 Å². The molecule has 96 valence electrons. The number of likely N-dealkylation sites (tertiary alicyclic amines) is 1. The van der Waals surface area contributed by atoms with Crippen molar-refractivity contribution in [3.8, 4) is 0 Å². The van der Waals surface area contributed by atoms with Crippen LogP contribution in [0.2, 0.25) is 5.02 Å². The normalized spacial score (nSPS) is 19.6. The van der Waals surface area contributed by atoms with Gasteiger partial charge in [0, 0.05) is 29.6 Å². The minimum atomic E-state index is -0.960. The number of carboxylic acid groups (broad SMARTS) is 1. The van der Waals surface area contributed by atoms with E-state index in [2.05, 4.69) is 0 Å². The second-order valence-corrected chi connectivity index (χ2v) is 4.88. The number of piperidine rings is 1. The Morgan fingerprint density at radius 1 is 1.39 bits per heavy atom. The number of carbonyl (C=O) groups excluding carboxylic acids is 1. The lowest BCUT2D eigenvalue weighted by Gasteiger charge is -2.29. The maximum absolute atomic E-state index is 12.2. The summed E-state index contributed by atoms with van der Waals surface area (Å²) in [4.78, 5) is 24.5. The first kappa shape index (κ1) is 12.9. The quantitative estimate of drug-likeness (QED) is 0.838. The molecule has 0 bridgehead atoms. The van der Waals surface area contributed by atoms with Crippen molar-refractivity contribution in [1.29, 1.82) is 0 Å². The van der Waals surface area contributed by atoms with Gasteiger partial charge in [-0.1, -0.05) is 23.7 Å². The first-order valence-electron chi connectivity index (χ1n) is 5.85. The first-order chi connectivity index (χ1) is 8.58. The minimum absolute atomic E-state index is 0.0246. The summed E-state index contributed by atoms with van der Waals surface area (Å²) >= 11 is 5.85. The Hall–Kier alpha value is -1.55. The Bertz CT molecular complexity index is 475. The minimum Gasteiger partial charge on any atom is -0.465 e. The average molecular weight is 268 g/mol. The highest BCUT2D eigenvalue weighted by molar-refractivity contribution is 6.31. The molecule has 0 saturated carbocycles. The average Bonchev–Trinajstić information content (AvgIpc) is 2.38. The number of nitrogens with zero attached hydrogens (tertiary/aromatic N) is 1. The second kappa shape index (κ2) is 5.40. The summed E-state index contributed by atoms with van der Waals surface area (Å²) in [6.07, 6.45) is 0.497. The van der Waals surface area contributed by atoms with E-state index in [1.165, 1.54) is 4.90 Å². The van der Waals surface area contributed by atoms with Crippen LogP contribution in [0.4, 0.5) is 4.79 Å². The van der Waals surface area contributed by atoms with Crippen LogP contribution in [-0.2, 0) is 0 Å². The van der Waals surface area contributed by atoms with Gasteiger partial charge in [0.15, 0.2) is 5.78 Å². The zero-order chi connectivity index (χ0) is 13.1. The highest BCUT2D eigenvalue weighted by Crippen LogP contribution is 2.22. The summed E-state index contributed by atoms with van der Waals surface area (Å²) in [5.74, 6) is -0.281. The molecule has 18 heavy (non-hydrogen) atoms. The summed E-state index contributed by atoms with van der Waals surface area (Å²) in [5.41, 5.74) is 0.555. The maximum Gasteiger partial charge on any atom is 0.407 e. The summed E-state index contributed by atoms with van der Waals surface area (Å²) in [6, 6.07) is 6.79. The van der Waals surface area contributed by atoms with Crippen LogP contribution in [0.5, 0.6) is 0 Å². The van der Waals surface area contributed by atoms with Crippen molar-refractivity contribution in [3.63, 3.8) is 0 Å². The van der Waals surface area contributed by atoms with Gasteiger partial charge in [-0.3, -0.25) is 4.79 Å². The van der Waals surface area contributed by atoms with Crippen molar-refractivity contribution in [2.24, 2.45) is 5.92 Å². The standard InChI is InChI=1S/C13H14ClNO3/c14-11-5-1-3-9(7-11)12(16)10-4-2-6-15(8-10)13(17)18/h1,3,5,7,10H,2,4,6,8H2,(H,17,18). The SMILES string of the molecule is O=C(c1cccc(Cl)c1)C1CCCN(C(=O)O)C1. The fraction of sp³-hybridized carbons (Fsp3) is 0.385. The van der Waals surface area contributed by atoms with Crippen LogP contribution in [0.1, 0.15) is 23.2 Å². The van der Waals surface area contributed by atoms with Gasteiger partial charge in [-0.15, -0.1) is 0 Å². The Kier molecular flexibility index (Phi) is 3.87. The van der Waals surface area contributed by atoms with E-state index in [1.54, 1.807) is 24.3 Å². The fourth-order valence-electron chi connectivity index (χ4n) is 2.24. The van der Waals surface area contributed by atoms with Crippen LogP contribution in [0.3, 0.4) is 0 Å². The van der Waals surface area contributed by atoms with E-state index < -0.39 is 6.09 Å². The van der Waals surface area contributed by atoms with Crippen LogP contribution >= 0.6 is 11.6 Å². The van der Waals surface area contributed by atoms with E-state index in [0.717, 1.165) is 12.8 Å². The van der Waals surface area contributed by atoms with Gasteiger partial charge in [0.1, 0.15) is 0 Å². The molecule has 1 aliphatic heterocycles. The Labute approximate surface area is 110 Å². The summed E-state index contributed by atoms with van der Waals surface area (Å²) in [7, 11) is 0. The predicted octanol–water partition coefficient (Wildman–Crippen LogP) is 2.91. The van der Waals surface area contributed by atoms with E-state index in [4.69, 9.17) is 16.7 Å². The van der Waals surface area contributed by atoms with E-state index in [0.29, 0.717) is 17.1 Å². The number of rotatable bonds is 2. The van der Waals surface area contributed by atoms with Crippen molar-refractivity contribution < 1.29 is 14.7 Å². The molecule has 1 atom stereocenters. The van der Waals surface area contributed by atoms with Crippen LogP contribution in [-0.4, -0.2) is 35.0 Å². The molecular formula is C13H14ClNO3. The Morgan fingerprint density at radius 3 is 2.83 bits per heavy atom. The van der Waals surface area contributed by atoms with Gasteiger partial charge in [-0.2, -0.15) is 0 Å². The van der Waals surface area contributed by atoms with Crippen LogP contribution < -0.4 is 0 Å². The molecule has 0 aliphatic carbocycles. The van der Waals surface area contributed by atoms with E-state index >= 15 is 0 Å². The summed E-state index contributed by atoms with van der Waals surface area (Å²) in [6.45, 7) is 0.787. The van der Waals surface area contributed by atoms with Gasteiger partial charge in [0.25, 0.3) is 0 Å². The smallest absolute Gasteiger partial charge is 0.407 e. The molecular weight excluding hydrogens is 254 g/mol. The lowest BCUT2D eigenvalue weighted by Crippen LogP contribution is -2.41. The number of halogens is 1. The zero-order valence-corrected chi connectivity index (χ0v) is 10.6. The van der Waals surface area contributed by atoms with Gasteiger partial charge >= 0.3 is 6.09 Å². The maximum atomic E-state index is 12.2. The van der Waals surface area contributed by atoms with Crippen molar-refractivity contribution in [1.82, 2.24) is 4.90 Å². The number of hydrogen-bond acceptors (Lipinski definition) is 2. The molecule has 4 nitrogen and oxygen atoms in total. The molecule has 1 saturated heterocycles. The van der Waals surface area contributed by atoms with Crippen LogP contribution in [0.15, 0.2) is 24.3 Å².